The van der Waals surface area contributed by atoms with Gasteiger partial charge in [0.25, 0.3) is 0 Å². The van der Waals surface area contributed by atoms with Crippen molar-refractivity contribution in [3.05, 3.63) is 65.2 Å². The number of nitrogens with one attached hydrogen (secondary N) is 1. The molecule has 130 valence electrons. The van der Waals surface area contributed by atoms with Gasteiger partial charge in [-0.15, -0.1) is 11.8 Å². The van der Waals surface area contributed by atoms with E-state index in [1.54, 1.807) is 23.9 Å². The lowest BCUT2D eigenvalue weighted by Gasteiger charge is -2.13. The fourth-order valence-electron chi connectivity index (χ4n) is 2.11. The van der Waals surface area contributed by atoms with Gasteiger partial charge < -0.3 is 5.11 Å². The van der Waals surface area contributed by atoms with Crippen molar-refractivity contribution in [2.24, 2.45) is 0 Å². The Morgan fingerprint density at radius 3 is 2.25 bits per heavy atom. The Balaban J connectivity index is 1.98. The molecule has 2 N–H and O–H groups in total. The van der Waals surface area contributed by atoms with E-state index in [0.717, 1.165) is 17.0 Å². The highest BCUT2D eigenvalue weighted by molar-refractivity contribution is 7.98. The highest BCUT2D eigenvalue weighted by Crippen LogP contribution is 2.19. The SMILES string of the molecule is CSc1ccc(C(O)CNS(=O)(=O)Cc2cc(F)cc(F)c2)cc1. The number of aliphatic hydroxyl groups is 1. The normalized spacial score (nSPS) is 13.0. The third-order valence-electron chi connectivity index (χ3n) is 3.28. The minimum atomic E-state index is -3.83. The second kappa shape index (κ2) is 8.06. The van der Waals surface area contributed by atoms with Crippen molar-refractivity contribution in [3.8, 4) is 0 Å². The molecule has 0 amide bonds. The third-order valence-corrected chi connectivity index (χ3v) is 5.34. The maximum Gasteiger partial charge on any atom is 0.215 e. The van der Waals surface area contributed by atoms with Gasteiger partial charge in [0.15, 0.2) is 0 Å². The van der Waals surface area contributed by atoms with Crippen LogP contribution in [0.4, 0.5) is 8.78 Å². The predicted octanol–water partition coefficient (Wildman–Crippen LogP) is 2.84. The van der Waals surface area contributed by atoms with E-state index in [-0.39, 0.29) is 12.1 Å². The predicted molar refractivity (Wildman–Crippen MR) is 90.2 cm³/mol. The van der Waals surface area contributed by atoms with Gasteiger partial charge in [0.05, 0.1) is 11.9 Å². The molecular weight excluding hydrogens is 356 g/mol. The summed E-state index contributed by atoms with van der Waals surface area (Å²) in [5, 5.41) is 10.0. The zero-order valence-corrected chi connectivity index (χ0v) is 14.5. The molecule has 2 rings (SSSR count). The summed E-state index contributed by atoms with van der Waals surface area (Å²) < 4.78 is 52.4. The molecule has 24 heavy (non-hydrogen) atoms. The molecule has 8 heteroatoms. The summed E-state index contributed by atoms with van der Waals surface area (Å²) in [4.78, 5) is 1.03. The molecule has 0 fully saturated rings. The molecule has 0 aliphatic rings. The lowest BCUT2D eigenvalue weighted by Crippen LogP contribution is -2.29. The van der Waals surface area contributed by atoms with E-state index in [1.165, 1.54) is 0 Å². The van der Waals surface area contributed by atoms with Gasteiger partial charge in [-0.1, -0.05) is 12.1 Å². The van der Waals surface area contributed by atoms with E-state index < -0.39 is 33.5 Å². The Hall–Kier alpha value is -1.48. The summed E-state index contributed by atoms with van der Waals surface area (Å²) in [5.74, 6) is -2.25. The molecule has 2 aromatic carbocycles. The van der Waals surface area contributed by atoms with E-state index in [4.69, 9.17) is 0 Å². The van der Waals surface area contributed by atoms with Crippen molar-refractivity contribution in [2.75, 3.05) is 12.8 Å². The topological polar surface area (TPSA) is 66.4 Å². The summed E-state index contributed by atoms with van der Waals surface area (Å²) in [6.07, 6.45) is 0.911. The van der Waals surface area contributed by atoms with E-state index in [1.807, 2.05) is 18.4 Å². The van der Waals surface area contributed by atoms with E-state index in [0.29, 0.717) is 11.6 Å². The molecule has 0 spiro atoms. The van der Waals surface area contributed by atoms with Gasteiger partial charge in [-0.2, -0.15) is 0 Å². The molecule has 0 radical (unpaired) electrons. The highest BCUT2D eigenvalue weighted by atomic mass is 32.2. The standard InChI is InChI=1S/C16H17F2NO3S2/c1-23-15-4-2-12(3-5-15)16(20)9-19-24(21,22)10-11-6-13(17)8-14(18)7-11/h2-8,16,19-20H,9-10H2,1H3. The van der Waals surface area contributed by atoms with Gasteiger partial charge in [0.2, 0.25) is 10.0 Å². The summed E-state index contributed by atoms with van der Waals surface area (Å²) in [7, 11) is -3.83. The van der Waals surface area contributed by atoms with E-state index >= 15 is 0 Å². The minimum absolute atomic E-state index is 0.00110. The fraction of sp³-hybridized carbons (Fsp3) is 0.250. The summed E-state index contributed by atoms with van der Waals surface area (Å²) in [6, 6.07) is 9.67. The van der Waals surface area contributed by atoms with Gasteiger partial charge in [0.1, 0.15) is 11.6 Å². The number of halogens is 2. The van der Waals surface area contributed by atoms with Crippen LogP contribution in [0.5, 0.6) is 0 Å². The first-order valence-electron chi connectivity index (χ1n) is 7.03. The smallest absolute Gasteiger partial charge is 0.215 e. The van der Waals surface area contributed by atoms with Crippen LogP contribution in [-0.2, 0) is 15.8 Å². The summed E-state index contributed by atoms with van der Waals surface area (Å²) in [6.45, 7) is -0.223. The number of thioether (sulfide) groups is 1. The van der Waals surface area contributed by atoms with Crippen molar-refractivity contribution < 1.29 is 22.3 Å². The number of benzene rings is 2. The van der Waals surface area contributed by atoms with Crippen LogP contribution in [0, 0.1) is 11.6 Å². The Morgan fingerprint density at radius 1 is 1.12 bits per heavy atom. The Labute approximate surface area is 144 Å². The number of sulfonamides is 1. The maximum atomic E-state index is 13.1. The van der Waals surface area contributed by atoms with Crippen LogP contribution in [0.3, 0.4) is 0 Å². The van der Waals surface area contributed by atoms with E-state index in [2.05, 4.69) is 4.72 Å². The number of aliphatic hydroxyl groups excluding tert-OH is 1. The molecule has 0 aliphatic carbocycles. The van der Waals surface area contributed by atoms with Crippen LogP contribution >= 0.6 is 11.8 Å². The van der Waals surface area contributed by atoms with Crippen LogP contribution in [0.1, 0.15) is 17.2 Å². The van der Waals surface area contributed by atoms with Crippen LogP contribution in [0.15, 0.2) is 47.4 Å². The van der Waals surface area contributed by atoms with Crippen molar-refractivity contribution in [3.63, 3.8) is 0 Å². The van der Waals surface area contributed by atoms with Gasteiger partial charge in [0, 0.05) is 17.5 Å². The number of hydrogen-bond donors (Lipinski definition) is 2. The van der Waals surface area contributed by atoms with E-state index in [9.17, 15) is 22.3 Å². The van der Waals surface area contributed by atoms with Crippen LogP contribution in [-0.4, -0.2) is 26.3 Å². The monoisotopic (exact) mass is 373 g/mol. The second-order valence-electron chi connectivity index (χ2n) is 5.17. The highest BCUT2D eigenvalue weighted by Gasteiger charge is 2.16. The lowest BCUT2D eigenvalue weighted by atomic mass is 10.1. The van der Waals surface area contributed by atoms with Gasteiger partial charge >= 0.3 is 0 Å². The Kier molecular flexibility index (Phi) is 6.34. The Bertz CT molecular complexity index is 775. The zero-order valence-electron chi connectivity index (χ0n) is 12.9. The molecule has 0 aliphatic heterocycles. The van der Waals surface area contributed by atoms with Gasteiger partial charge in [-0.05, 0) is 41.6 Å². The quantitative estimate of drug-likeness (QED) is 0.733. The molecule has 2 aromatic rings. The second-order valence-corrected chi connectivity index (χ2v) is 7.86. The lowest BCUT2D eigenvalue weighted by molar-refractivity contribution is 0.182. The van der Waals surface area contributed by atoms with Gasteiger partial charge in [-0.25, -0.2) is 21.9 Å². The molecule has 0 heterocycles. The maximum absolute atomic E-state index is 13.1. The number of hydrogen-bond acceptors (Lipinski definition) is 4. The molecule has 0 saturated heterocycles. The average molecular weight is 373 g/mol. The molecule has 4 nitrogen and oxygen atoms in total. The zero-order chi connectivity index (χ0) is 17.7. The number of rotatable bonds is 7. The molecule has 0 bridgehead atoms. The first kappa shape index (κ1) is 18.9. The van der Waals surface area contributed by atoms with Crippen LogP contribution in [0.25, 0.3) is 0 Å². The molecule has 0 aromatic heterocycles. The van der Waals surface area contributed by atoms with Crippen molar-refractivity contribution in [1.29, 1.82) is 0 Å². The molecule has 1 unspecified atom stereocenters. The Morgan fingerprint density at radius 2 is 1.71 bits per heavy atom. The first-order valence-corrected chi connectivity index (χ1v) is 9.91. The van der Waals surface area contributed by atoms with Crippen LogP contribution in [0.2, 0.25) is 0 Å². The van der Waals surface area contributed by atoms with Crippen molar-refractivity contribution in [2.45, 2.75) is 16.8 Å². The average Bonchev–Trinajstić information content (AvgIpc) is 2.51. The first-order chi connectivity index (χ1) is 11.3. The summed E-state index contributed by atoms with van der Waals surface area (Å²) in [5.41, 5.74) is 0.575. The van der Waals surface area contributed by atoms with Crippen molar-refractivity contribution in [1.82, 2.24) is 4.72 Å². The minimum Gasteiger partial charge on any atom is -0.387 e. The largest absolute Gasteiger partial charge is 0.387 e. The van der Waals surface area contributed by atoms with Crippen molar-refractivity contribution >= 4 is 21.8 Å². The van der Waals surface area contributed by atoms with Crippen LogP contribution < -0.4 is 4.72 Å². The molecule has 0 saturated carbocycles. The molecular formula is C16H17F2NO3S2. The fourth-order valence-corrected chi connectivity index (χ4v) is 3.64. The third kappa shape index (κ3) is 5.55. The molecule has 1 atom stereocenters. The summed E-state index contributed by atoms with van der Waals surface area (Å²) >= 11 is 1.56. The van der Waals surface area contributed by atoms with Gasteiger partial charge in [-0.3, -0.25) is 0 Å².